The zero-order valence-corrected chi connectivity index (χ0v) is 13.7. The van der Waals surface area contributed by atoms with Crippen LogP contribution >= 0.6 is 15.9 Å². The summed E-state index contributed by atoms with van der Waals surface area (Å²) in [6.45, 7) is 4.24. The molecule has 1 aromatic heterocycles. The van der Waals surface area contributed by atoms with Crippen LogP contribution in [0, 0.1) is 5.41 Å². The summed E-state index contributed by atoms with van der Waals surface area (Å²) in [4.78, 5) is 12.7. The lowest BCUT2D eigenvalue weighted by atomic mass is 9.77. The molecule has 1 heterocycles. The van der Waals surface area contributed by atoms with Gasteiger partial charge < -0.3 is 0 Å². The molecule has 0 N–H and O–H groups in total. The molecule has 1 aliphatic carbocycles. The first-order valence-corrected chi connectivity index (χ1v) is 8.07. The van der Waals surface area contributed by atoms with Crippen molar-refractivity contribution >= 4 is 21.7 Å². The molecule has 0 bridgehead atoms. The molecule has 0 amide bonds. The summed E-state index contributed by atoms with van der Waals surface area (Å²) in [5, 5.41) is 4.47. The number of Topliss-reactive ketones (excluding diaryl/α,β-unsaturated/α-hetero) is 1. The van der Waals surface area contributed by atoms with E-state index in [4.69, 9.17) is 0 Å². The summed E-state index contributed by atoms with van der Waals surface area (Å²) in [6, 6.07) is 0. The topological polar surface area (TPSA) is 34.9 Å². The van der Waals surface area contributed by atoms with Crippen molar-refractivity contribution in [2.24, 2.45) is 12.5 Å². The molecule has 0 unspecified atom stereocenters. The minimum atomic E-state index is -0.0594. The van der Waals surface area contributed by atoms with E-state index < -0.39 is 0 Å². The molecule has 4 heteroatoms. The first kappa shape index (κ1) is 14.8. The van der Waals surface area contributed by atoms with Crippen molar-refractivity contribution in [2.45, 2.75) is 58.8 Å². The van der Waals surface area contributed by atoms with Crippen molar-refractivity contribution in [3.05, 3.63) is 15.9 Å². The smallest absolute Gasteiger partial charge is 0.144 e. The Hall–Kier alpha value is -0.640. The fourth-order valence-corrected chi connectivity index (χ4v) is 3.99. The van der Waals surface area contributed by atoms with Crippen LogP contribution in [0.1, 0.15) is 57.3 Å². The number of carbonyl (C=O) groups is 1. The first-order valence-electron chi connectivity index (χ1n) is 7.27. The third-order valence-corrected chi connectivity index (χ3v) is 5.58. The van der Waals surface area contributed by atoms with E-state index in [0.29, 0.717) is 12.2 Å². The number of aryl methyl sites for hydroxylation is 2. The molecule has 0 radical (unpaired) electrons. The third kappa shape index (κ3) is 2.64. The number of hydrogen-bond donors (Lipinski definition) is 0. The second-order valence-corrected chi connectivity index (χ2v) is 6.42. The summed E-state index contributed by atoms with van der Waals surface area (Å²) in [6.07, 6.45) is 6.91. The Labute approximate surface area is 123 Å². The van der Waals surface area contributed by atoms with Crippen LogP contribution in [0.3, 0.4) is 0 Å². The van der Waals surface area contributed by atoms with E-state index in [1.165, 1.54) is 12.8 Å². The van der Waals surface area contributed by atoms with Gasteiger partial charge in [-0.15, -0.1) is 0 Å². The summed E-state index contributed by atoms with van der Waals surface area (Å²) < 4.78 is 2.88. The number of aromatic nitrogens is 2. The quantitative estimate of drug-likeness (QED) is 0.824. The maximum atomic E-state index is 12.7. The number of ketones is 1. The van der Waals surface area contributed by atoms with Crippen LogP contribution in [0.2, 0.25) is 0 Å². The Bertz CT molecular complexity index is 473. The molecule has 19 heavy (non-hydrogen) atoms. The van der Waals surface area contributed by atoms with Gasteiger partial charge in [0.1, 0.15) is 5.78 Å². The van der Waals surface area contributed by atoms with Gasteiger partial charge in [-0.1, -0.05) is 26.7 Å². The lowest BCUT2D eigenvalue weighted by Crippen LogP contribution is -2.29. The van der Waals surface area contributed by atoms with Crippen molar-refractivity contribution in [1.29, 1.82) is 0 Å². The highest BCUT2D eigenvalue weighted by Gasteiger charge is 2.39. The van der Waals surface area contributed by atoms with E-state index in [1.54, 1.807) is 0 Å². The van der Waals surface area contributed by atoms with Gasteiger partial charge in [0.05, 0.1) is 22.3 Å². The van der Waals surface area contributed by atoms with Crippen LogP contribution in [-0.2, 0) is 24.7 Å². The molecule has 2 rings (SSSR count). The average Bonchev–Trinajstić information content (AvgIpc) is 2.99. The van der Waals surface area contributed by atoms with E-state index in [9.17, 15) is 4.79 Å². The SMILES string of the molecule is CCc1nn(C)c(CC(=O)C2(CC)CCCC2)c1Br. The molecule has 0 aliphatic heterocycles. The van der Waals surface area contributed by atoms with E-state index in [-0.39, 0.29) is 5.41 Å². The van der Waals surface area contributed by atoms with Crippen molar-refractivity contribution < 1.29 is 4.79 Å². The number of carbonyl (C=O) groups excluding carboxylic acids is 1. The van der Waals surface area contributed by atoms with Gasteiger partial charge in [0.25, 0.3) is 0 Å². The van der Waals surface area contributed by atoms with E-state index >= 15 is 0 Å². The molecule has 1 fully saturated rings. The van der Waals surface area contributed by atoms with E-state index in [1.807, 2.05) is 11.7 Å². The molecule has 1 aliphatic rings. The fraction of sp³-hybridized carbons (Fsp3) is 0.733. The Morgan fingerprint density at radius 3 is 2.47 bits per heavy atom. The van der Waals surface area contributed by atoms with Crippen molar-refractivity contribution in [2.75, 3.05) is 0 Å². The highest BCUT2D eigenvalue weighted by Crippen LogP contribution is 2.42. The van der Waals surface area contributed by atoms with Crippen LogP contribution < -0.4 is 0 Å². The summed E-state index contributed by atoms with van der Waals surface area (Å²) in [7, 11) is 1.93. The van der Waals surface area contributed by atoms with Crippen LogP contribution in [0.25, 0.3) is 0 Å². The largest absolute Gasteiger partial charge is 0.299 e. The highest BCUT2D eigenvalue weighted by atomic mass is 79.9. The Balaban J connectivity index is 2.21. The van der Waals surface area contributed by atoms with Gasteiger partial charge in [-0.2, -0.15) is 5.10 Å². The number of rotatable bonds is 5. The molecular weight excluding hydrogens is 304 g/mol. The highest BCUT2D eigenvalue weighted by molar-refractivity contribution is 9.10. The maximum Gasteiger partial charge on any atom is 0.144 e. The summed E-state index contributed by atoms with van der Waals surface area (Å²) in [5.41, 5.74) is 2.01. The minimum Gasteiger partial charge on any atom is -0.299 e. The maximum absolute atomic E-state index is 12.7. The Morgan fingerprint density at radius 1 is 1.37 bits per heavy atom. The molecule has 1 aromatic rings. The molecular formula is C15H23BrN2O. The average molecular weight is 327 g/mol. The third-order valence-electron chi connectivity index (χ3n) is 4.66. The van der Waals surface area contributed by atoms with Crippen molar-refractivity contribution in [3.63, 3.8) is 0 Å². The van der Waals surface area contributed by atoms with Crippen molar-refractivity contribution in [3.8, 4) is 0 Å². The van der Waals surface area contributed by atoms with Crippen LogP contribution in [0.15, 0.2) is 4.47 Å². The number of halogens is 1. The van der Waals surface area contributed by atoms with Gasteiger partial charge in [-0.25, -0.2) is 0 Å². The zero-order valence-electron chi connectivity index (χ0n) is 12.1. The van der Waals surface area contributed by atoms with Crippen LogP contribution in [0.5, 0.6) is 0 Å². The molecule has 0 spiro atoms. The van der Waals surface area contributed by atoms with Gasteiger partial charge in [-0.05, 0) is 41.6 Å². The van der Waals surface area contributed by atoms with Gasteiger partial charge in [0.15, 0.2) is 0 Å². The van der Waals surface area contributed by atoms with E-state index in [0.717, 1.165) is 41.5 Å². The minimum absolute atomic E-state index is 0.0594. The monoisotopic (exact) mass is 326 g/mol. The predicted molar refractivity (Wildman–Crippen MR) is 80.2 cm³/mol. The molecule has 0 atom stereocenters. The second-order valence-electron chi connectivity index (χ2n) is 5.63. The normalized spacial score (nSPS) is 17.9. The molecule has 0 saturated heterocycles. The fourth-order valence-electron chi connectivity index (χ4n) is 3.23. The molecule has 0 aromatic carbocycles. The molecule has 1 saturated carbocycles. The van der Waals surface area contributed by atoms with Crippen LogP contribution in [-0.4, -0.2) is 15.6 Å². The van der Waals surface area contributed by atoms with Crippen LogP contribution in [0.4, 0.5) is 0 Å². The van der Waals surface area contributed by atoms with Gasteiger partial charge in [0.2, 0.25) is 0 Å². The van der Waals surface area contributed by atoms with Gasteiger partial charge in [-0.3, -0.25) is 9.48 Å². The Kier molecular flexibility index (Phi) is 4.49. The van der Waals surface area contributed by atoms with Gasteiger partial charge in [0, 0.05) is 12.5 Å². The molecule has 106 valence electrons. The predicted octanol–water partition coefficient (Wildman–Crippen LogP) is 3.83. The first-order chi connectivity index (χ1) is 9.04. The summed E-state index contributed by atoms with van der Waals surface area (Å²) in [5.74, 6) is 0.402. The summed E-state index contributed by atoms with van der Waals surface area (Å²) >= 11 is 3.60. The zero-order chi connectivity index (χ0) is 14.0. The molecule has 3 nitrogen and oxygen atoms in total. The Morgan fingerprint density at radius 2 is 2.00 bits per heavy atom. The number of hydrogen-bond acceptors (Lipinski definition) is 2. The lowest BCUT2D eigenvalue weighted by Gasteiger charge is -2.25. The number of nitrogens with zero attached hydrogens (tertiary/aromatic N) is 2. The van der Waals surface area contributed by atoms with Gasteiger partial charge >= 0.3 is 0 Å². The second kappa shape index (κ2) is 5.78. The van der Waals surface area contributed by atoms with E-state index in [2.05, 4.69) is 34.9 Å². The standard InChI is InChI=1S/C15H23BrN2O/c1-4-11-14(16)12(18(3)17-11)10-13(19)15(5-2)8-6-7-9-15/h4-10H2,1-3H3. The van der Waals surface area contributed by atoms with Crippen molar-refractivity contribution in [1.82, 2.24) is 9.78 Å². The lowest BCUT2D eigenvalue weighted by molar-refractivity contribution is -0.128.